The molecule has 0 heterocycles. The van der Waals surface area contributed by atoms with E-state index in [9.17, 15) is 0 Å². The lowest BCUT2D eigenvalue weighted by Crippen LogP contribution is -2.30. The summed E-state index contributed by atoms with van der Waals surface area (Å²) in [6, 6.07) is 16.8. The molecule has 0 fully saturated rings. The number of methoxy groups -OCH3 is 1. The first-order valence-electron chi connectivity index (χ1n) is 7.23. The Hall–Kier alpha value is -1.51. The molecule has 0 aliphatic carbocycles. The standard InChI is InChI=1S/C18H22ClNO/c1-13(11-16-7-4-5-10-18(16)19)20-14(2)15-8-6-9-17(12-15)21-3/h4-10,12-14,20H,11H2,1-3H3. The first-order valence-corrected chi connectivity index (χ1v) is 7.61. The van der Waals surface area contributed by atoms with Crippen LogP contribution < -0.4 is 10.1 Å². The van der Waals surface area contributed by atoms with Gasteiger partial charge in [0.25, 0.3) is 0 Å². The fraction of sp³-hybridized carbons (Fsp3) is 0.333. The molecule has 2 aromatic rings. The summed E-state index contributed by atoms with van der Waals surface area (Å²) in [5.41, 5.74) is 2.40. The Labute approximate surface area is 132 Å². The molecular weight excluding hydrogens is 282 g/mol. The van der Waals surface area contributed by atoms with Crippen molar-refractivity contribution in [3.8, 4) is 5.75 Å². The van der Waals surface area contributed by atoms with Gasteiger partial charge in [0.05, 0.1) is 7.11 Å². The maximum Gasteiger partial charge on any atom is 0.119 e. The van der Waals surface area contributed by atoms with Crippen molar-refractivity contribution in [3.05, 3.63) is 64.7 Å². The van der Waals surface area contributed by atoms with Gasteiger partial charge < -0.3 is 10.1 Å². The highest BCUT2D eigenvalue weighted by molar-refractivity contribution is 6.31. The van der Waals surface area contributed by atoms with Crippen molar-refractivity contribution in [2.45, 2.75) is 32.4 Å². The molecule has 0 amide bonds. The third-order valence-electron chi connectivity index (χ3n) is 3.61. The minimum absolute atomic E-state index is 0.262. The van der Waals surface area contributed by atoms with Crippen LogP contribution in [0.15, 0.2) is 48.5 Å². The molecule has 3 heteroatoms. The Balaban J connectivity index is 1.98. The van der Waals surface area contributed by atoms with Gasteiger partial charge in [0, 0.05) is 17.1 Å². The van der Waals surface area contributed by atoms with Gasteiger partial charge in [0.2, 0.25) is 0 Å². The quantitative estimate of drug-likeness (QED) is 0.840. The number of ether oxygens (including phenoxy) is 1. The van der Waals surface area contributed by atoms with E-state index < -0.39 is 0 Å². The van der Waals surface area contributed by atoms with Gasteiger partial charge in [-0.25, -0.2) is 0 Å². The molecule has 1 N–H and O–H groups in total. The SMILES string of the molecule is COc1cccc(C(C)NC(C)Cc2ccccc2Cl)c1. The van der Waals surface area contributed by atoms with Gasteiger partial charge in [0.1, 0.15) is 5.75 Å². The lowest BCUT2D eigenvalue weighted by Gasteiger charge is -2.21. The summed E-state index contributed by atoms with van der Waals surface area (Å²) in [4.78, 5) is 0. The first kappa shape index (κ1) is 15.9. The molecule has 2 aromatic carbocycles. The molecule has 21 heavy (non-hydrogen) atoms. The number of halogens is 1. The van der Waals surface area contributed by atoms with E-state index in [1.54, 1.807) is 7.11 Å². The van der Waals surface area contributed by atoms with Gasteiger partial charge in [-0.2, -0.15) is 0 Å². The minimum Gasteiger partial charge on any atom is -0.497 e. The monoisotopic (exact) mass is 303 g/mol. The summed E-state index contributed by atoms with van der Waals surface area (Å²) in [6.07, 6.45) is 0.911. The van der Waals surface area contributed by atoms with Crippen molar-refractivity contribution < 1.29 is 4.74 Å². The van der Waals surface area contributed by atoms with Crippen LogP contribution in [0.2, 0.25) is 5.02 Å². The summed E-state index contributed by atoms with van der Waals surface area (Å²) in [5, 5.41) is 4.44. The van der Waals surface area contributed by atoms with Crippen LogP contribution in [-0.2, 0) is 6.42 Å². The Morgan fingerprint density at radius 1 is 1.10 bits per heavy atom. The summed E-state index contributed by atoms with van der Waals surface area (Å²) >= 11 is 6.22. The lowest BCUT2D eigenvalue weighted by atomic mass is 10.0. The first-order chi connectivity index (χ1) is 10.1. The molecule has 2 unspecified atom stereocenters. The Morgan fingerprint density at radius 2 is 1.86 bits per heavy atom. The maximum absolute atomic E-state index is 6.22. The number of hydrogen-bond acceptors (Lipinski definition) is 2. The Kier molecular flexibility index (Phi) is 5.66. The lowest BCUT2D eigenvalue weighted by molar-refractivity contribution is 0.412. The molecule has 0 aromatic heterocycles. The predicted molar refractivity (Wildman–Crippen MR) is 89.2 cm³/mol. The van der Waals surface area contributed by atoms with Crippen molar-refractivity contribution in [1.29, 1.82) is 0 Å². The van der Waals surface area contributed by atoms with Crippen LogP contribution >= 0.6 is 11.6 Å². The largest absolute Gasteiger partial charge is 0.497 e. The molecule has 2 atom stereocenters. The average Bonchev–Trinajstić information content (AvgIpc) is 2.49. The van der Waals surface area contributed by atoms with Crippen LogP contribution in [0.3, 0.4) is 0 Å². The van der Waals surface area contributed by atoms with Crippen molar-refractivity contribution in [2.24, 2.45) is 0 Å². The van der Waals surface area contributed by atoms with Gasteiger partial charge in [0.15, 0.2) is 0 Å². The molecule has 2 rings (SSSR count). The summed E-state index contributed by atoms with van der Waals surface area (Å²) < 4.78 is 5.28. The fourth-order valence-corrected chi connectivity index (χ4v) is 2.70. The second-order valence-electron chi connectivity index (χ2n) is 5.36. The summed E-state index contributed by atoms with van der Waals surface area (Å²) in [7, 11) is 1.69. The Morgan fingerprint density at radius 3 is 2.57 bits per heavy atom. The van der Waals surface area contributed by atoms with Crippen LogP contribution in [0.5, 0.6) is 5.75 Å². The van der Waals surface area contributed by atoms with E-state index in [0.717, 1.165) is 17.2 Å². The highest BCUT2D eigenvalue weighted by atomic mass is 35.5. The molecule has 0 spiro atoms. The normalized spacial score (nSPS) is 13.7. The number of hydrogen-bond donors (Lipinski definition) is 1. The summed E-state index contributed by atoms with van der Waals surface area (Å²) in [5.74, 6) is 0.889. The zero-order valence-electron chi connectivity index (χ0n) is 12.8. The van der Waals surface area contributed by atoms with E-state index in [2.05, 4.69) is 37.4 Å². The molecule has 0 aliphatic rings. The van der Waals surface area contributed by atoms with Crippen LogP contribution in [0, 0.1) is 0 Å². The number of benzene rings is 2. The highest BCUT2D eigenvalue weighted by Gasteiger charge is 2.12. The van der Waals surface area contributed by atoms with E-state index in [1.807, 2.05) is 30.3 Å². The second kappa shape index (κ2) is 7.48. The average molecular weight is 304 g/mol. The summed E-state index contributed by atoms with van der Waals surface area (Å²) in [6.45, 7) is 4.35. The van der Waals surface area contributed by atoms with Gasteiger partial charge in [-0.1, -0.05) is 41.9 Å². The molecule has 0 aliphatic heterocycles. The van der Waals surface area contributed by atoms with Gasteiger partial charge in [-0.05, 0) is 49.6 Å². The molecule has 0 saturated heterocycles. The van der Waals surface area contributed by atoms with Crippen molar-refractivity contribution in [1.82, 2.24) is 5.32 Å². The third-order valence-corrected chi connectivity index (χ3v) is 3.98. The van der Waals surface area contributed by atoms with E-state index in [1.165, 1.54) is 11.1 Å². The van der Waals surface area contributed by atoms with Crippen LogP contribution in [0.4, 0.5) is 0 Å². The van der Waals surface area contributed by atoms with Crippen LogP contribution in [-0.4, -0.2) is 13.2 Å². The number of rotatable bonds is 6. The van der Waals surface area contributed by atoms with Crippen LogP contribution in [0.1, 0.15) is 31.0 Å². The van der Waals surface area contributed by atoms with Crippen molar-refractivity contribution in [2.75, 3.05) is 7.11 Å². The highest BCUT2D eigenvalue weighted by Crippen LogP contribution is 2.21. The molecule has 112 valence electrons. The van der Waals surface area contributed by atoms with Crippen LogP contribution in [0.25, 0.3) is 0 Å². The van der Waals surface area contributed by atoms with Gasteiger partial charge >= 0.3 is 0 Å². The molecule has 0 bridgehead atoms. The fourth-order valence-electron chi connectivity index (χ4n) is 2.49. The van der Waals surface area contributed by atoms with E-state index in [4.69, 9.17) is 16.3 Å². The van der Waals surface area contributed by atoms with E-state index >= 15 is 0 Å². The topological polar surface area (TPSA) is 21.3 Å². The molecular formula is C18H22ClNO. The smallest absolute Gasteiger partial charge is 0.119 e. The molecule has 0 saturated carbocycles. The zero-order valence-corrected chi connectivity index (χ0v) is 13.5. The number of nitrogens with one attached hydrogen (secondary N) is 1. The van der Waals surface area contributed by atoms with Gasteiger partial charge in [-0.15, -0.1) is 0 Å². The molecule has 2 nitrogen and oxygen atoms in total. The van der Waals surface area contributed by atoms with E-state index in [0.29, 0.717) is 6.04 Å². The Bertz CT molecular complexity index is 585. The predicted octanol–water partition coefficient (Wildman–Crippen LogP) is 4.63. The molecule has 0 radical (unpaired) electrons. The minimum atomic E-state index is 0.262. The van der Waals surface area contributed by atoms with E-state index in [-0.39, 0.29) is 6.04 Å². The van der Waals surface area contributed by atoms with Gasteiger partial charge in [-0.3, -0.25) is 0 Å². The van der Waals surface area contributed by atoms with Crippen molar-refractivity contribution in [3.63, 3.8) is 0 Å². The second-order valence-corrected chi connectivity index (χ2v) is 5.77. The maximum atomic E-state index is 6.22. The van der Waals surface area contributed by atoms with Crippen molar-refractivity contribution >= 4 is 11.6 Å². The zero-order chi connectivity index (χ0) is 15.2. The third kappa shape index (κ3) is 4.48.